The summed E-state index contributed by atoms with van der Waals surface area (Å²) in [5.41, 5.74) is 2.97. The molecular formula is C18H18N4O4. The van der Waals surface area contributed by atoms with E-state index in [0.717, 1.165) is 16.6 Å². The molecule has 0 amide bonds. The van der Waals surface area contributed by atoms with Crippen LogP contribution in [0.2, 0.25) is 0 Å². The average molecular weight is 354 g/mol. The smallest absolute Gasteiger partial charge is 0.358 e. The number of benzene rings is 1. The lowest BCUT2D eigenvalue weighted by Crippen LogP contribution is -2.15. The molecule has 2 heterocycles. The van der Waals surface area contributed by atoms with E-state index in [0.29, 0.717) is 12.5 Å². The van der Waals surface area contributed by atoms with Crippen molar-refractivity contribution in [3.05, 3.63) is 47.4 Å². The van der Waals surface area contributed by atoms with Crippen LogP contribution < -0.4 is 0 Å². The number of aromatic carboxylic acids is 1. The molecule has 0 spiro atoms. The maximum Gasteiger partial charge on any atom is 0.358 e. The van der Waals surface area contributed by atoms with Crippen LogP contribution in [0, 0.1) is 0 Å². The fourth-order valence-corrected chi connectivity index (χ4v) is 3.17. The van der Waals surface area contributed by atoms with Crippen LogP contribution in [0.4, 0.5) is 0 Å². The molecular weight excluding hydrogens is 336 g/mol. The highest BCUT2D eigenvalue weighted by Gasteiger charge is 2.24. The number of carbonyl (C=O) groups is 2. The van der Waals surface area contributed by atoms with Gasteiger partial charge >= 0.3 is 11.9 Å². The zero-order chi connectivity index (χ0) is 18.3. The van der Waals surface area contributed by atoms with Gasteiger partial charge in [0.25, 0.3) is 0 Å². The first-order valence-corrected chi connectivity index (χ1v) is 8.37. The Labute approximate surface area is 149 Å². The van der Waals surface area contributed by atoms with Crippen LogP contribution in [0.5, 0.6) is 0 Å². The van der Waals surface area contributed by atoms with Crippen molar-refractivity contribution in [2.45, 2.75) is 31.8 Å². The van der Waals surface area contributed by atoms with Crippen molar-refractivity contribution in [2.24, 2.45) is 0 Å². The Bertz CT molecular complexity index is 1000. The van der Waals surface area contributed by atoms with Gasteiger partial charge in [0.05, 0.1) is 19.9 Å². The van der Waals surface area contributed by atoms with Crippen LogP contribution in [0.25, 0.3) is 10.9 Å². The van der Waals surface area contributed by atoms with Crippen LogP contribution >= 0.6 is 0 Å². The second-order valence-corrected chi connectivity index (χ2v) is 6.50. The van der Waals surface area contributed by atoms with Crippen LogP contribution in [-0.2, 0) is 22.6 Å². The van der Waals surface area contributed by atoms with E-state index in [9.17, 15) is 9.59 Å². The number of rotatable bonds is 6. The number of carbonyl (C=O) groups excluding carboxylic acids is 1. The summed E-state index contributed by atoms with van der Waals surface area (Å²) in [6.07, 6.45) is 3.81. The highest BCUT2D eigenvalue weighted by Crippen LogP contribution is 2.41. The van der Waals surface area contributed by atoms with E-state index in [1.165, 1.54) is 36.4 Å². The van der Waals surface area contributed by atoms with Crippen LogP contribution in [-0.4, -0.2) is 43.7 Å². The first-order valence-electron chi connectivity index (χ1n) is 8.37. The number of carboxylic acid groups (broad SMARTS) is 1. The summed E-state index contributed by atoms with van der Waals surface area (Å²) < 4.78 is 8.14. The summed E-state index contributed by atoms with van der Waals surface area (Å²) in [6.45, 7) is 0.392. The van der Waals surface area contributed by atoms with Crippen LogP contribution in [0.15, 0.2) is 30.5 Å². The predicted octanol–water partition coefficient (Wildman–Crippen LogP) is 2.03. The Morgan fingerprint density at radius 2 is 2.12 bits per heavy atom. The number of hydrogen-bond donors (Lipinski definition) is 1. The molecule has 0 radical (unpaired) electrons. The molecule has 4 rings (SSSR count). The van der Waals surface area contributed by atoms with Gasteiger partial charge in [0.1, 0.15) is 6.54 Å². The molecule has 1 aromatic carbocycles. The van der Waals surface area contributed by atoms with Crippen molar-refractivity contribution in [1.82, 2.24) is 19.6 Å². The molecule has 1 N–H and O–H groups in total. The average Bonchev–Trinajstić information content (AvgIpc) is 3.29. The van der Waals surface area contributed by atoms with E-state index in [2.05, 4.69) is 22.4 Å². The summed E-state index contributed by atoms with van der Waals surface area (Å²) in [7, 11) is 1.36. The molecule has 0 unspecified atom stereocenters. The van der Waals surface area contributed by atoms with Crippen molar-refractivity contribution in [3.63, 3.8) is 0 Å². The fourth-order valence-electron chi connectivity index (χ4n) is 3.17. The number of fused-ring (bicyclic) bond motifs is 1. The molecule has 2 aromatic heterocycles. The first-order chi connectivity index (χ1) is 12.5. The van der Waals surface area contributed by atoms with E-state index in [1.54, 1.807) is 0 Å². The van der Waals surface area contributed by atoms with Crippen LogP contribution in [0.3, 0.4) is 0 Å². The maximum absolute atomic E-state index is 11.9. The molecule has 1 aliphatic carbocycles. The number of methoxy groups -OCH3 is 1. The van der Waals surface area contributed by atoms with Crippen molar-refractivity contribution < 1.29 is 19.4 Å². The van der Waals surface area contributed by atoms with E-state index in [-0.39, 0.29) is 18.2 Å². The molecule has 0 atom stereocenters. The Hall–Kier alpha value is -3.16. The van der Waals surface area contributed by atoms with Gasteiger partial charge in [-0.05, 0) is 42.5 Å². The second-order valence-electron chi connectivity index (χ2n) is 6.50. The Morgan fingerprint density at radius 1 is 1.31 bits per heavy atom. The van der Waals surface area contributed by atoms with Crippen LogP contribution in [0.1, 0.15) is 40.5 Å². The van der Waals surface area contributed by atoms with E-state index < -0.39 is 5.97 Å². The molecule has 0 saturated heterocycles. The van der Waals surface area contributed by atoms with E-state index >= 15 is 0 Å². The van der Waals surface area contributed by atoms with Gasteiger partial charge in [0.15, 0.2) is 5.69 Å². The van der Waals surface area contributed by atoms with Gasteiger partial charge in [0, 0.05) is 16.6 Å². The molecule has 0 aliphatic heterocycles. The summed E-state index contributed by atoms with van der Waals surface area (Å²) in [6, 6.07) is 8.30. The number of hydrogen-bond acceptors (Lipinski definition) is 5. The molecule has 134 valence electrons. The Morgan fingerprint density at radius 3 is 2.77 bits per heavy atom. The monoisotopic (exact) mass is 354 g/mol. The third-order valence-corrected chi connectivity index (χ3v) is 4.66. The van der Waals surface area contributed by atoms with Crippen molar-refractivity contribution in [2.75, 3.05) is 7.11 Å². The Kier molecular flexibility index (Phi) is 3.95. The van der Waals surface area contributed by atoms with Gasteiger partial charge in [-0.15, -0.1) is 5.10 Å². The summed E-state index contributed by atoms with van der Waals surface area (Å²) in [4.78, 5) is 22.8. The standard InChI is InChI=1S/C18H18N4O4/c1-26-17(23)10-22-14(8-21-9-15(18(24)25)19-20-21)7-13-6-12(11-2-3-11)4-5-16(13)22/h4-7,9,11H,2-3,8,10H2,1H3,(H,24,25). The minimum Gasteiger partial charge on any atom is -0.476 e. The SMILES string of the molecule is COC(=O)Cn1c(Cn2cc(C(=O)O)nn2)cc2cc(C3CC3)ccc21. The predicted molar refractivity (Wildman–Crippen MR) is 92.0 cm³/mol. The molecule has 1 saturated carbocycles. The zero-order valence-electron chi connectivity index (χ0n) is 14.3. The second kappa shape index (κ2) is 6.29. The van der Waals surface area contributed by atoms with Gasteiger partial charge in [-0.2, -0.15) is 0 Å². The topological polar surface area (TPSA) is 99.2 Å². The number of ether oxygens (including phenoxy) is 1. The van der Waals surface area contributed by atoms with Crippen molar-refractivity contribution >= 4 is 22.8 Å². The van der Waals surface area contributed by atoms with Gasteiger partial charge in [0.2, 0.25) is 0 Å². The van der Waals surface area contributed by atoms with Gasteiger partial charge in [-0.1, -0.05) is 11.3 Å². The highest BCUT2D eigenvalue weighted by atomic mass is 16.5. The molecule has 1 fully saturated rings. The lowest BCUT2D eigenvalue weighted by molar-refractivity contribution is -0.141. The minimum atomic E-state index is -1.12. The van der Waals surface area contributed by atoms with E-state index in [4.69, 9.17) is 9.84 Å². The molecule has 26 heavy (non-hydrogen) atoms. The third-order valence-electron chi connectivity index (χ3n) is 4.66. The number of esters is 1. The number of nitrogens with zero attached hydrogens (tertiary/aromatic N) is 4. The lowest BCUT2D eigenvalue weighted by atomic mass is 10.1. The lowest BCUT2D eigenvalue weighted by Gasteiger charge is -2.09. The van der Waals surface area contributed by atoms with Crippen molar-refractivity contribution in [1.29, 1.82) is 0 Å². The number of aromatic nitrogens is 4. The molecule has 0 bridgehead atoms. The van der Waals surface area contributed by atoms with Gasteiger partial charge < -0.3 is 14.4 Å². The molecule has 8 heteroatoms. The normalized spacial score (nSPS) is 13.9. The van der Waals surface area contributed by atoms with E-state index in [1.807, 2.05) is 16.7 Å². The molecule has 8 nitrogen and oxygen atoms in total. The number of carboxylic acids is 1. The fraction of sp³-hybridized carbons (Fsp3) is 0.333. The summed E-state index contributed by atoms with van der Waals surface area (Å²) in [5.74, 6) is -0.833. The highest BCUT2D eigenvalue weighted by molar-refractivity contribution is 5.85. The maximum atomic E-state index is 11.9. The van der Waals surface area contributed by atoms with Crippen molar-refractivity contribution in [3.8, 4) is 0 Å². The molecule has 1 aliphatic rings. The summed E-state index contributed by atoms with van der Waals surface area (Å²) >= 11 is 0. The molecule has 3 aromatic rings. The van der Waals surface area contributed by atoms with Gasteiger partial charge in [-0.25, -0.2) is 9.48 Å². The first kappa shape index (κ1) is 16.3. The Balaban J connectivity index is 1.73. The largest absolute Gasteiger partial charge is 0.476 e. The third kappa shape index (κ3) is 3.05. The minimum absolute atomic E-state index is 0.0819. The zero-order valence-corrected chi connectivity index (χ0v) is 14.3. The quantitative estimate of drug-likeness (QED) is 0.680. The summed E-state index contributed by atoms with van der Waals surface area (Å²) in [5, 5.41) is 17.5. The van der Waals surface area contributed by atoms with Gasteiger partial charge in [-0.3, -0.25) is 4.79 Å².